The first kappa shape index (κ1) is 25.8. The molecule has 0 aliphatic rings. The summed E-state index contributed by atoms with van der Waals surface area (Å²) < 4.78 is 0. The Bertz CT molecular complexity index is 651. The minimum absolute atomic E-state index is 0.0594. The summed E-state index contributed by atoms with van der Waals surface area (Å²) in [7, 11) is 0. The van der Waals surface area contributed by atoms with Gasteiger partial charge < -0.3 is 15.5 Å². The molecule has 0 heterocycles. The lowest BCUT2D eigenvalue weighted by atomic mass is 9.95. The van der Waals surface area contributed by atoms with Crippen LogP contribution in [-0.2, 0) is 4.79 Å². The SMILES string of the molecule is CC/C=C(\C)[C@H](O)[C@H](C)\C=C(C)/C=C/C=C\C=C\C=C(/C)C(=O)N[C@@H](C)CO. The second kappa shape index (κ2) is 14.8. The molecule has 0 fully saturated rings. The summed E-state index contributed by atoms with van der Waals surface area (Å²) in [4.78, 5) is 11.8. The Balaban J connectivity index is 4.59. The third-order valence-corrected chi connectivity index (χ3v) is 4.18. The van der Waals surface area contributed by atoms with E-state index in [9.17, 15) is 9.90 Å². The molecule has 0 bridgehead atoms. The first-order valence-electron chi connectivity index (χ1n) is 9.86. The monoisotopic (exact) mass is 387 g/mol. The second-order valence-electron chi connectivity index (χ2n) is 7.11. The summed E-state index contributed by atoms with van der Waals surface area (Å²) >= 11 is 0. The Morgan fingerprint density at radius 1 is 1.04 bits per heavy atom. The van der Waals surface area contributed by atoms with E-state index in [1.165, 1.54) is 0 Å². The van der Waals surface area contributed by atoms with E-state index in [1.54, 1.807) is 26.0 Å². The van der Waals surface area contributed by atoms with Crippen LogP contribution >= 0.6 is 0 Å². The molecule has 3 N–H and O–H groups in total. The Hall–Kier alpha value is -2.17. The van der Waals surface area contributed by atoms with Gasteiger partial charge in [-0.3, -0.25) is 4.79 Å². The molecule has 1 amide bonds. The van der Waals surface area contributed by atoms with Crippen LogP contribution in [0.4, 0.5) is 0 Å². The number of aliphatic hydroxyl groups is 2. The second-order valence-corrected chi connectivity index (χ2v) is 7.11. The van der Waals surface area contributed by atoms with Gasteiger partial charge in [0, 0.05) is 17.5 Å². The maximum atomic E-state index is 11.8. The zero-order chi connectivity index (χ0) is 21.5. The van der Waals surface area contributed by atoms with Gasteiger partial charge in [-0.25, -0.2) is 0 Å². The van der Waals surface area contributed by atoms with Gasteiger partial charge in [-0.2, -0.15) is 0 Å². The van der Waals surface area contributed by atoms with Gasteiger partial charge in [-0.1, -0.05) is 74.1 Å². The van der Waals surface area contributed by atoms with Gasteiger partial charge in [0.15, 0.2) is 0 Å². The normalized spacial score (nSPS) is 17.5. The quantitative estimate of drug-likeness (QED) is 0.280. The van der Waals surface area contributed by atoms with Crippen molar-refractivity contribution in [2.24, 2.45) is 5.92 Å². The van der Waals surface area contributed by atoms with Crippen molar-refractivity contribution in [1.29, 1.82) is 0 Å². The molecule has 156 valence electrons. The van der Waals surface area contributed by atoms with Crippen molar-refractivity contribution in [3.8, 4) is 0 Å². The van der Waals surface area contributed by atoms with Gasteiger partial charge in [0.1, 0.15) is 0 Å². The first-order chi connectivity index (χ1) is 13.2. The molecule has 4 nitrogen and oxygen atoms in total. The highest BCUT2D eigenvalue weighted by molar-refractivity contribution is 5.93. The minimum Gasteiger partial charge on any atom is -0.394 e. The van der Waals surface area contributed by atoms with Crippen molar-refractivity contribution >= 4 is 5.91 Å². The Labute approximate surface area is 170 Å². The van der Waals surface area contributed by atoms with Crippen LogP contribution in [0.3, 0.4) is 0 Å². The predicted octanol–water partition coefficient (Wildman–Crippen LogP) is 4.40. The number of rotatable bonds is 11. The van der Waals surface area contributed by atoms with Crippen LogP contribution in [0.5, 0.6) is 0 Å². The number of hydrogen-bond donors (Lipinski definition) is 3. The fourth-order valence-corrected chi connectivity index (χ4v) is 2.48. The topological polar surface area (TPSA) is 69.6 Å². The van der Waals surface area contributed by atoms with Crippen molar-refractivity contribution in [3.63, 3.8) is 0 Å². The molecule has 0 rings (SSSR count). The lowest BCUT2D eigenvalue weighted by Crippen LogP contribution is -2.35. The summed E-state index contributed by atoms with van der Waals surface area (Å²) in [5.41, 5.74) is 2.69. The summed E-state index contributed by atoms with van der Waals surface area (Å²) in [6.07, 6.45) is 17.7. The largest absolute Gasteiger partial charge is 0.394 e. The molecule has 0 aliphatic carbocycles. The molecule has 0 aromatic heterocycles. The van der Waals surface area contributed by atoms with Crippen LogP contribution in [0.2, 0.25) is 0 Å². The highest BCUT2D eigenvalue weighted by Gasteiger charge is 2.13. The van der Waals surface area contributed by atoms with Crippen molar-refractivity contribution < 1.29 is 15.0 Å². The van der Waals surface area contributed by atoms with Gasteiger partial charge in [0.25, 0.3) is 0 Å². The number of amides is 1. The number of carbonyl (C=O) groups is 1. The van der Waals surface area contributed by atoms with E-state index in [4.69, 9.17) is 5.11 Å². The van der Waals surface area contributed by atoms with E-state index >= 15 is 0 Å². The van der Waals surface area contributed by atoms with E-state index in [0.29, 0.717) is 5.57 Å². The van der Waals surface area contributed by atoms with Crippen LogP contribution < -0.4 is 5.32 Å². The molecular weight excluding hydrogens is 350 g/mol. The van der Waals surface area contributed by atoms with Crippen LogP contribution in [-0.4, -0.2) is 34.9 Å². The predicted molar refractivity (Wildman–Crippen MR) is 119 cm³/mol. The Kier molecular flexibility index (Phi) is 13.7. The van der Waals surface area contributed by atoms with E-state index in [-0.39, 0.29) is 24.5 Å². The van der Waals surface area contributed by atoms with Crippen molar-refractivity contribution in [3.05, 3.63) is 71.4 Å². The Morgan fingerprint density at radius 2 is 1.64 bits per heavy atom. The lowest BCUT2D eigenvalue weighted by molar-refractivity contribution is -0.118. The molecule has 0 spiro atoms. The van der Waals surface area contributed by atoms with E-state index in [2.05, 4.69) is 24.4 Å². The average Bonchev–Trinajstić information content (AvgIpc) is 2.66. The van der Waals surface area contributed by atoms with Crippen LogP contribution in [0.1, 0.15) is 48.0 Å². The highest BCUT2D eigenvalue weighted by Crippen LogP contribution is 2.16. The maximum Gasteiger partial charge on any atom is 0.247 e. The maximum absolute atomic E-state index is 11.8. The fourth-order valence-electron chi connectivity index (χ4n) is 2.48. The molecule has 0 saturated carbocycles. The Morgan fingerprint density at radius 3 is 2.25 bits per heavy atom. The standard InChI is InChI=1S/C24H37NO3/c1-7-13-19(3)23(27)21(5)16-18(2)14-11-9-8-10-12-15-20(4)24(28)25-22(6)17-26/h8-16,21-23,26-27H,7,17H2,1-6H3,(H,25,28)/b9-8-,12-10+,14-11+,18-16-,19-13+,20-15+/t21-,22+,23+/m1/s1. The molecular formula is C24H37NO3. The number of hydrogen-bond acceptors (Lipinski definition) is 3. The van der Waals surface area contributed by atoms with E-state index in [0.717, 1.165) is 17.6 Å². The molecule has 0 saturated heterocycles. The van der Waals surface area contributed by atoms with Gasteiger partial charge >= 0.3 is 0 Å². The van der Waals surface area contributed by atoms with Crippen LogP contribution in [0.25, 0.3) is 0 Å². The lowest BCUT2D eigenvalue weighted by Gasteiger charge is -2.17. The third-order valence-electron chi connectivity index (χ3n) is 4.18. The number of allylic oxidation sites excluding steroid dienone is 9. The molecule has 4 heteroatoms. The summed E-state index contributed by atoms with van der Waals surface area (Å²) in [6.45, 7) is 11.5. The van der Waals surface area contributed by atoms with Gasteiger partial charge in [0.2, 0.25) is 5.91 Å². The molecule has 0 aromatic rings. The summed E-state index contributed by atoms with van der Waals surface area (Å²) in [5.74, 6) is -0.125. The minimum atomic E-state index is -0.450. The first-order valence-corrected chi connectivity index (χ1v) is 9.86. The van der Waals surface area contributed by atoms with Crippen molar-refractivity contribution in [2.45, 2.75) is 60.1 Å². The van der Waals surface area contributed by atoms with Crippen molar-refractivity contribution in [1.82, 2.24) is 5.32 Å². The fraction of sp³-hybridized carbons (Fsp3) is 0.458. The smallest absolute Gasteiger partial charge is 0.247 e. The number of aliphatic hydroxyl groups excluding tert-OH is 2. The number of carbonyl (C=O) groups excluding carboxylic acids is 1. The third kappa shape index (κ3) is 11.5. The zero-order valence-corrected chi connectivity index (χ0v) is 18.1. The van der Waals surface area contributed by atoms with Gasteiger partial charge in [-0.05, 0) is 39.7 Å². The van der Waals surface area contributed by atoms with Gasteiger partial charge in [-0.15, -0.1) is 0 Å². The highest BCUT2D eigenvalue weighted by atomic mass is 16.3. The van der Waals surface area contributed by atoms with E-state index in [1.807, 2.05) is 51.2 Å². The molecule has 28 heavy (non-hydrogen) atoms. The molecule has 3 atom stereocenters. The molecule has 0 radical (unpaired) electrons. The van der Waals surface area contributed by atoms with Gasteiger partial charge in [0.05, 0.1) is 12.7 Å². The van der Waals surface area contributed by atoms with E-state index < -0.39 is 6.10 Å². The summed E-state index contributed by atoms with van der Waals surface area (Å²) in [6, 6.07) is -0.253. The molecule has 0 aliphatic heterocycles. The van der Waals surface area contributed by atoms with Crippen LogP contribution in [0, 0.1) is 5.92 Å². The number of nitrogens with one attached hydrogen (secondary N) is 1. The zero-order valence-electron chi connectivity index (χ0n) is 18.1. The molecule has 0 unspecified atom stereocenters. The summed E-state index contributed by atoms with van der Waals surface area (Å²) in [5, 5.41) is 21.9. The van der Waals surface area contributed by atoms with Crippen LogP contribution in [0.15, 0.2) is 71.4 Å². The average molecular weight is 388 g/mol. The molecule has 0 aromatic carbocycles. The van der Waals surface area contributed by atoms with Crippen molar-refractivity contribution in [2.75, 3.05) is 6.61 Å².